The van der Waals surface area contributed by atoms with Gasteiger partial charge in [0.05, 0.1) is 0 Å². The van der Waals surface area contributed by atoms with E-state index in [4.69, 9.17) is 4.12 Å². The third kappa shape index (κ3) is 9.97. The molecule has 0 radical (unpaired) electrons. The van der Waals surface area contributed by atoms with E-state index in [9.17, 15) is 0 Å². The van der Waals surface area contributed by atoms with Crippen LogP contribution >= 0.6 is 0 Å². The molecule has 5 heteroatoms. The molecule has 0 aliphatic carbocycles. The van der Waals surface area contributed by atoms with Gasteiger partial charge in [-0.05, 0) is 78.3 Å². The summed E-state index contributed by atoms with van der Waals surface area (Å²) < 4.78 is 6.54. The minimum Gasteiger partial charge on any atom is -0.455 e. The van der Waals surface area contributed by atoms with Crippen LogP contribution in [0.5, 0.6) is 0 Å². The van der Waals surface area contributed by atoms with Gasteiger partial charge in [0.1, 0.15) is 0 Å². The molecule has 0 aromatic carbocycles. The second-order valence-corrected chi connectivity index (χ2v) is 14.9. The van der Waals surface area contributed by atoms with Gasteiger partial charge in [0.25, 0.3) is 0 Å². The maximum absolute atomic E-state index is 6.54. The summed E-state index contributed by atoms with van der Waals surface area (Å²) in [5, 5.41) is 6.43. The number of nitrogens with one attached hydrogen (secondary N) is 2. The van der Waals surface area contributed by atoms with Crippen LogP contribution in [-0.2, 0) is 4.12 Å². The van der Waals surface area contributed by atoms with Gasteiger partial charge in [-0.25, -0.2) is 0 Å². The summed E-state index contributed by atoms with van der Waals surface area (Å²) in [6.07, 6.45) is 2.49. The number of hydrogen-bond donors (Lipinski definition) is 2. The fourth-order valence-corrected chi connectivity index (χ4v) is 11.1. The summed E-state index contributed by atoms with van der Waals surface area (Å²) >= 11 is 0. The SMILES string of the molecule is CNCCC[Si](C)(C)O[Si](C)(C)CCCNC. The quantitative estimate of drug-likeness (QED) is 0.475. The van der Waals surface area contributed by atoms with Crippen molar-refractivity contribution in [3.63, 3.8) is 0 Å². The summed E-state index contributed by atoms with van der Waals surface area (Å²) in [4.78, 5) is 0. The monoisotopic (exact) mass is 276 g/mol. The Morgan fingerprint density at radius 2 is 1.12 bits per heavy atom. The Morgan fingerprint density at radius 1 is 0.765 bits per heavy atom. The smallest absolute Gasteiger partial charge is 0.173 e. The Bertz CT molecular complexity index is 179. The minimum atomic E-state index is -1.43. The summed E-state index contributed by atoms with van der Waals surface area (Å²) in [5.41, 5.74) is 0. The molecule has 17 heavy (non-hydrogen) atoms. The van der Waals surface area contributed by atoms with Gasteiger partial charge >= 0.3 is 0 Å². The van der Waals surface area contributed by atoms with Crippen LogP contribution < -0.4 is 10.6 Å². The summed E-state index contributed by atoms with van der Waals surface area (Å²) in [5.74, 6) is 0. The van der Waals surface area contributed by atoms with Gasteiger partial charge in [0, 0.05) is 0 Å². The van der Waals surface area contributed by atoms with E-state index in [0.29, 0.717) is 0 Å². The Kier molecular flexibility index (Phi) is 8.58. The predicted molar refractivity (Wildman–Crippen MR) is 82.8 cm³/mol. The molecule has 3 nitrogen and oxygen atoms in total. The van der Waals surface area contributed by atoms with Crippen LogP contribution in [0.1, 0.15) is 12.8 Å². The first kappa shape index (κ1) is 17.3. The molecular formula is C12H32N2OSi2. The molecule has 0 saturated heterocycles. The lowest BCUT2D eigenvalue weighted by Gasteiger charge is -2.34. The molecule has 0 amide bonds. The standard InChI is InChI=1S/C12H32N2OSi2/c1-13-9-7-11-16(3,4)15-17(5,6)12-8-10-14-2/h13-14H,7-12H2,1-6H3. The predicted octanol–water partition coefficient (Wildman–Crippen LogP) is 2.63. The molecule has 0 saturated carbocycles. The van der Waals surface area contributed by atoms with Crippen molar-refractivity contribution in [3.05, 3.63) is 0 Å². The third-order valence-corrected chi connectivity index (χ3v) is 10.5. The fraction of sp³-hybridized carbons (Fsp3) is 1.00. The van der Waals surface area contributed by atoms with Crippen molar-refractivity contribution in [2.75, 3.05) is 27.2 Å². The van der Waals surface area contributed by atoms with Crippen LogP contribution in [0.3, 0.4) is 0 Å². The Morgan fingerprint density at radius 3 is 1.41 bits per heavy atom. The zero-order valence-corrected chi connectivity index (χ0v) is 14.7. The average molecular weight is 277 g/mol. The number of rotatable bonds is 10. The van der Waals surface area contributed by atoms with E-state index in [-0.39, 0.29) is 0 Å². The molecule has 0 unspecified atom stereocenters. The maximum atomic E-state index is 6.54. The van der Waals surface area contributed by atoms with Crippen molar-refractivity contribution in [3.8, 4) is 0 Å². The first-order chi connectivity index (χ1) is 7.83. The summed E-state index contributed by atoms with van der Waals surface area (Å²) in [7, 11) is 1.17. The number of hydrogen-bond acceptors (Lipinski definition) is 3. The van der Waals surface area contributed by atoms with E-state index >= 15 is 0 Å². The van der Waals surface area contributed by atoms with E-state index in [0.717, 1.165) is 13.1 Å². The van der Waals surface area contributed by atoms with Gasteiger partial charge in [-0.15, -0.1) is 0 Å². The van der Waals surface area contributed by atoms with Gasteiger partial charge in [-0.2, -0.15) is 0 Å². The normalized spacial score (nSPS) is 13.1. The first-order valence-electron chi connectivity index (χ1n) is 6.82. The molecule has 0 aliphatic heterocycles. The van der Waals surface area contributed by atoms with Crippen molar-refractivity contribution in [2.24, 2.45) is 0 Å². The molecule has 104 valence electrons. The second-order valence-electron chi connectivity index (χ2n) is 6.04. The van der Waals surface area contributed by atoms with Crippen LogP contribution in [0.2, 0.25) is 38.3 Å². The lowest BCUT2D eigenvalue weighted by Crippen LogP contribution is -2.44. The Balaban J connectivity index is 3.99. The second kappa shape index (κ2) is 8.42. The summed E-state index contributed by atoms with van der Waals surface area (Å²) in [6.45, 7) is 11.7. The topological polar surface area (TPSA) is 33.3 Å². The van der Waals surface area contributed by atoms with Crippen LogP contribution in [0, 0.1) is 0 Å². The van der Waals surface area contributed by atoms with Crippen LogP contribution in [-0.4, -0.2) is 43.8 Å². The molecule has 0 bridgehead atoms. The molecule has 0 rings (SSSR count). The van der Waals surface area contributed by atoms with Gasteiger partial charge in [-0.1, -0.05) is 0 Å². The van der Waals surface area contributed by atoms with Crippen LogP contribution in [0.15, 0.2) is 0 Å². The first-order valence-corrected chi connectivity index (χ1v) is 13.1. The van der Waals surface area contributed by atoms with Gasteiger partial charge in [0.2, 0.25) is 0 Å². The lowest BCUT2D eigenvalue weighted by atomic mass is 10.5. The molecule has 0 atom stereocenters. The van der Waals surface area contributed by atoms with Crippen molar-refractivity contribution in [1.82, 2.24) is 10.6 Å². The molecule has 0 aromatic rings. The van der Waals surface area contributed by atoms with Crippen LogP contribution in [0.4, 0.5) is 0 Å². The van der Waals surface area contributed by atoms with Crippen LogP contribution in [0.25, 0.3) is 0 Å². The third-order valence-electron chi connectivity index (χ3n) is 2.96. The molecular weight excluding hydrogens is 244 g/mol. The van der Waals surface area contributed by atoms with E-state index in [2.05, 4.69) is 36.8 Å². The van der Waals surface area contributed by atoms with Gasteiger partial charge < -0.3 is 14.7 Å². The fourth-order valence-electron chi connectivity index (χ4n) is 2.23. The summed E-state index contributed by atoms with van der Waals surface area (Å²) in [6, 6.07) is 2.55. The lowest BCUT2D eigenvalue weighted by molar-refractivity contribution is 0.527. The molecule has 0 heterocycles. The van der Waals surface area contributed by atoms with E-state index in [1.54, 1.807) is 0 Å². The van der Waals surface area contributed by atoms with Crippen molar-refractivity contribution in [1.29, 1.82) is 0 Å². The van der Waals surface area contributed by atoms with Crippen molar-refractivity contribution in [2.45, 2.75) is 51.1 Å². The zero-order valence-electron chi connectivity index (χ0n) is 12.7. The zero-order chi connectivity index (χ0) is 13.4. The average Bonchev–Trinajstić information content (AvgIpc) is 2.16. The van der Waals surface area contributed by atoms with Crippen molar-refractivity contribution < 1.29 is 4.12 Å². The maximum Gasteiger partial charge on any atom is 0.173 e. The molecule has 0 aliphatic rings. The highest BCUT2D eigenvalue weighted by Gasteiger charge is 2.31. The van der Waals surface area contributed by atoms with Gasteiger partial charge in [-0.3, -0.25) is 0 Å². The van der Waals surface area contributed by atoms with Crippen molar-refractivity contribution >= 4 is 16.6 Å². The highest BCUT2D eigenvalue weighted by molar-refractivity contribution is 6.84. The highest BCUT2D eigenvalue weighted by Crippen LogP contribution is 2.23. The van der Waals surface area contributed by atoms with E-state index < -0.39 is 16.6 Å². The van der Waals surface area contributed by atoms with E-state index in [1.807, 2.05) is 14.1 Å². The largest absolute Gasteiger partial charge is 0.455 e. The molecule has 0 aromatic heterocycles. The molecule has 0 fully saturated rings. The molecule has 2 N–H and O–H groups in total. The Hall–Kier alpha value is 0.314. The minimum absolute atomic E-state index is 1.11. The van der Waals surface area contributed by atoms with E-state index in [1.165, 1.54) is 24.9 Å². The van der Waals surface area contributed by atoms with Gasteiger partial charge in [0.15, 0.2) is 16.6 Å². The Labute approximate surface area is 110 Å². The molecule has 0 spiro atoms. The highest BCUT2D eigenvalue weighted by atomic mass is 28.4.